The molecule has 0 amide bonds. The number of aromatic nitrogens is 1. The predicted molar refractivity (Wildman–Crippen MR) is 81.7 cm³/mol. The Labute approximate surface area is 118 Å². The highest BCUT2D eigenvalue weighted by molar-refractivity contribution is 7.13. The van der Waals surface area contributed by atoms with Crippen LogP contribution in [0.4, 0.5) is 10.8 Å². The van der Waals surface area contributed by atoms with Crippen LogP contribution in [0.25, 0.3) is 0 Å². The van der Waals surface area contributed by atoms with Crippen molar-refractivity contribution in [2.75, 3.05) is 5.32 Å². The van der Waals surface area contributed by atoms with Crippen molar-refractivity contribution in [3.8, 4) is 5.75 Å². The number of thiazole rings is 1. The van der Waals surface area contributed by atoms with E-state index < -0.39 is 0 Å². The Hall–Kier alpha value is -1.55. The van der Waals surface area contributed by atoms with Gasteiger partial charge < -0.3 is 10.4 Å². The van der Waals surface area contributed by atoms with Crippen LogP contribution < -0.4 is 5.32 Å². The average Bonchev–Trinajstić information content (AvgIpc) is 2.83. The third-order valence-corrected chi connectivity index (χ3v) is 3.79. The number of phenols is 1. The second kappa shape index (κ2) is 5.61. The molecule has 0 aliphatic carbocycles. The zero-order valence-electron chi connectivity index (χ0n) is 11.8. The molecule has 0 radical (unpaired) electrons. The highest BCUT2D eigenvalue weighted by atomic mass is 32.1. The highest BCUT2D eigenvalue weighted by Crippen LogP contribution is 2.37. The first kappa shape index (κ1) is 13.9. The van der Waals surface area contributed by atoms with Crippen LogP contribution in [0.5, 0.6) is 5.75 Å². The van der Waals surface area contributed by atoms with Gasteiger partial charge in [0.1, 0.15) is 5.75 Å². The topological polar surface area (TPSA) is 45.2 Å². The maximum absolute atomic E-state index is 10.3. The maximum atomic E-state index is 10.3. The summed E-state index contributed by atoms with van der Waals surface area (Å²) in [5, 5.41) is 16.4. The fraction of sp³-hybridized carbons (Fsp3) is 0.400. The number of nitrogens with one attached hydrogen (secondary N) is 1. The summed E-state index contributed by atoms with van der Waals surface area (Å²) >= 11 is 1.57. The lowest BCUT2D eigenvalue weighted by atomic mass is 9.93. The minimum atomic E-state index is 0.288. The monoisotopic (exact) mass is 276 g/mol. The molecule has 1 heterocycles. The van der Waals surface area contributed by atoms with Crippen molar-refractivity contribution >= 4 is 22.2 Å². The molecular formula is C15H20N2OS. The Bertz CT molecular complexity index is 518. The SMILES string of the molecule is CC(C)c1cc(Nc2nccs2)cc(C(C)C)c1O. The quantitative estimate of drug-likeness (QED) is 0.785. The van der Waals surface area contributed by atoms with E-state index in [0.29, 0.717) is 5.75 Å². The van der Waals surface area contributed by atoms with E-state index in [4.69, 9.17) is 0 Å². The summed E-state index contributed by atoms with van der Waals surface area (Å²) in [6.07, 6.45) is 1.78. The van der Waals surface area contributed by atoms with Gasteiger partial charge in [-0.05, 0) is 35.1 Å². The van der Waals surface area contributed by atoms with Gasteiger partial charge >= 0.3 is 0 Å². The summed E-state index contributed by atoms with van der Waals surface area (Å²) in [6.45, 7) is 8.36. The van der Waals surface area contributed by atoms with Crippen molar-refractivity contribution in [1.29, 1.82) is 0 Å². The van der Waals surface area contributed by atoms with Gasteiger partial charge in [0.15, 0.2) is 5.13 Å². The van der Waals surface area contributed by atoms with Crippen LogP contribution in [0.3, 0.4) is 0 Å². The maximum Gasteiger partial charge on any atom is 0.187 e. The normalized spacial score (nSPS) is 11.3. The summed E-state index contributed by atoms with van der Waals surface area (Å²) in [4.78, 5) is 4.23. The molecule has 1 aromatic heterocycles. The highest BCUT2D eigenvalue weighted by Gasteiger charge is 2.15. The summed E-state index contributed by atoms with van der Waals surface area (Å²) in [5.74, 6) is 1.00. The van der Waals surface area contributed by atoms with Crippen molar-refractivity contribution < 1.29 is 5.11 Å². The molecule has 0 bridgehead atoms. The molecule has 0 aliphatic heterocycles. The van der Waals surface area contributed by atoms with E-state index in [1.165, 1.54) is 0 Å². The van der Waals surface area contributed by atoms with Gasteiger partial charge in [-0.3, -0.25) is 0 Å². The van der Waals surface area contributed by atoms with Gasteiger partial charge in [0, 0.05) is 17.3 Å². The van der Waals surface area contributed by atoms with Gasteiger partial charge in [-0.15, -0.1) is 11.3 Å². The minimum Gasteiger partial charge on any atom is -0.507 e. The van der Waals surface area contributed by atoms with Gasteiger partial charge in [0.2, 0.25) is 0 Å². The molecule has 1 aromatic carbocycles. The molecule has 102 valence electrons. The van der Waals surface area contributed by atoms with Crippen LogP contribution in [0, 0.1) is 0 Å². The van der Waals surface area contributed by atoms with E-state index in [0.717, 1.165) is 21.9 Å². The van der Waals surface area contributed by atoms with E-state index >= 15 is 0 Å². The Kier molecular flexibility index (Phi) is 4.10. The lowest BCUT2D eigenvalue weighted by Crippen LogP contribution is -1.99. The van der Waals surface area contributed by atoms with Crippen LogP contribution in [-0.4, -0.2) is 10.1 Å². The molecule has 2 N–H and O–H groups in total. The number of aromatic hydroxyl groups is 1. The number of phenolic OH excluding ortho intramolecular Hbond substituents is 1. The molecule has 3 nitrogen and oxygen atoms in total. The lowest BCUT2D eigenvalue weighted by Gasteiger charge is -2.17. The largest absolute Gasteiger partial charge is 0.507 e. The number of hydrogen-bond acceptors (Lipinski definition) is 4. The molecule has 4 heteroatoms. The number of nitrogens with zero attached hydrogens (tertiary/aromatic N) is 1. The molecule has 2 rings (SSSR count). The number of rotatable bonds is 4. The summed E-state index contributed by atoms with van der Waals surface area (Å²) in [7, 11) is 0. The molecule has 0 spiro atoms. The lowest BCUT2D eigenvalue weighted by molar-refractivity contribution is 0.454. The third-order valence-electron chi connectivity index (χ3n) is 3.10. The molecule has 0 saturated carbocycles. The second-order valence-corrected chi connectivity index (χ2v) is 6.17. The summed E-state index contributed by atoms with van der Waals surface area (Å²) in [5.41, 5.74) is 2.94. The van der Waals surface area contributed by atoms with Crippen molar-refractivity contribution in [1.82, 2.24) is 4.98 Å². The number of hydrogen-bond donors (Lipinski definition) is 2. The van der Waals surface area contributed by atoms with Crippen LogP contribution in [-0.2, 0) is 0 Å². The van der Waals surface area contributed by atoms with Crippen LogP contribution in [0.15, 0.2) is 23.7 Å². The number of benzene rings is 1. The fourth-order valence-electron chi connectivity index (χ4n) is 2.04. The van der Waals surface area contributed by atoms with Gasteiger partial charge in [-0.2, -0.15) is 0 Å². The summed E-state index contributed by atoms with van der Waals surface area (Å²) in [6, 6.07) is 4.01. The Balaban J connectivity index is 2.44. The molecule has 0 atom stereocenters. The van der Waals surface area contributed by atoms with E-state index in [1.54, 1.807) is 17.5 Å². The molecule has 0 saturated heterocycles. The molecule has 2 aromatic rings. The van der Waals surface area contributed by atoms with Crippen molar-refractivity contribution in [3.05, 3.63) is 34.8 Å². The van der Waals surface area contributed by atoms with E-state index in [-0.39, 0.29) is 11.8 Å². The molecular weight excluding hydrogens is 256 g/mol. The first-order chi connectivity index (χ1) is 8.99. The molecule has 19 heavy (non-hydrogen) atoms. The Morgan fingerprint density at radius 2 is 1.68 bits per heavy atom. The van der Waals surface area contributed by atoms with Gasteiger partial charge in [0.05, 0.1) is 0 Å². The van der Waals surface area contributed by atoms with E-state index in [1.807, 2.05) is 17.5 Å². The minimum absolute atomic E-state index is 0.288. The van der Waals surface area contributed by atoms with Gasteiger partial charge in [0.25, 0.3) is 0 Å². The molecule has 0 fully saturated rings. The Morgan fingerprint density at radius 1 is 1.11 bits per heavy atom. The van der Waals surface area contributed by atoms with Gasteiger partial charge in [-0.25, -0.2) is 4.98 Å². The molecule has 0 aliphatic rings. The zero-order valence-corrected chi connectivity index (χ0v) is 12.6. The van der Waals surface area contributed by atoms with Crippen LogP contribution in [0.2, 0.25) is 0 Å². The predicted octanol–water partition coefficient (Wildman–Crippen LogP) is 4.84. The zero-order chi connectivity index (χ0) is 14.0. The smallest absolute Gasteiger partial charge is 0.187 e. The summed E-state index contributed by atoms with van der Waals surface area (Å²) < 4.78 is 0. The molecule has 0 unspecified atom stereocenters. The van der Waals surface area contributed by atoms with Crippen molar-refractivity contribution in [2.45, 2.75) is 39.5 Å². The van der Waals surface area contributed by atoms with Crippen molar-refractivity contribution in [2.24, 2.45) is 0 Å². The second-order valence-electron chi connectivity index (χ2n) is 5.27. The van der Waals surface area contributed by atoms with Crippen LogP contribution >= 0.6 is 11.3 Å². The average molecular weight is 276 g/mol. The van der Waals surface area contributed by atoms with Crippen LogP contribution in [0.1, 0.15) is 50.7 Å². The van der Waals surface area contributed by atoms with E-state index in [2.05, 4.69) is 38.0 Å². The Morgan fingerprint density at radius 3 is 2.11 bits per heavy atom. The first-order valence-electron chi connectivity index (χ1n) is 6.52. The number of anilines is 2. The fourth-order valence-corrected chi connectivity index (χ4v) is 2.59. The first-order valence-corrected chi connectivity index (χ1v) is 7.40. The standard InChI is InChI=1S/C15H20N2OS/c1-9(2)12-7-11(17-15-16-5-6-19-15)8-13(10(3)4)14(12)18/h5-10,18H,1-4H3,(H,16,17). The van der Waals surface area contributed by atoms with Crippen molar-refractivity contribution in [3.63, 3.8) is 0 Å². The third kappa shape index (κ3) is 3.07. The van der Waals surface area contributed by atoms with E-state index in [9.17, 15) is 5.11 Å². The van der Waals surface area contributed by atoms with Gasteiger partial charge in [-0.1, -0.05) is 27.7 Å².